The molecule has 1 unspecified atom stereocenters. The number of hydrogen-bond acceptors (Lipinski definition) is 4. The second-order valence-electron chi connectivity index (χ2n) is 2.80. The summed E-state index contributed by atoms with van der Waals surface area (Å²) in [6.07, 6.45) is 0. The molecule has 0 amide bonds. The van der Waals surface area contributed by atoms with E-state index < -0.39 is 6.04 Å². The molecule has 0 bridgehead atoms. The Bertz CT molecular complexity index is 419. The van der Waals surface area contributed by atoms with Gasteiger partial charge in [0, 0.05) is 0 Å². The van der Waals surface area contributed by atoms with Gasteiger partial charge in [-0.05, 0) is 17.7 Å². The van der Waals surface area contributed by atoms with Gasteiger partial charge in [-0.3, -0.25) is 0 Å². The molecule has 1 aromatic heterocycles. The second-order valence-corrected chi connectivity index (χ2v) is 2.80. The first-order chi connectivity index (χ1) is 6.77. The van der Waals surface area contributed by atoms with Crippen molar-refractivity contribution in [3.05, 3.63) is 41.5 Å². The first-order valence-corrected chi connectivity index (χ1v) is 4.02. The van der Waals surface area contributed by atoms with Crippen LogP contribution in [0.3, 0.4) is 0 Å². The van der Waals surface area contributed by atoms with Crippen molar-refractivity contribution in [1.29, 1.82) is 0 Å². The van der Waals surface area contributed by atoms with Crippen LogP contribution in [0.1, 0.15) is 17.4 Å². The van der Waals surface area contributed by atoms with Crippen LogP contribution >= 0.6 is 12.4 Å². The Morgan fingerprint density at radius 2 is 2.20 bits per heavy atom. The Morgan fingerprint density at radius 1 is 1.40 bits per heavy atom. The van der Waals surface area contributed by atoms with Gasteiger partial charge in [-0.15, -0.1) is 22.6 Å². The van der Waals surface area contributed by atoms with Gasteiger partial charge in [0.25, 0.3) is 0 Å². The number of benzene rings is 1. The van der Waals surface area contributed by atoms with Crippen LogP contribution in [0.5, 0.6) is 0 Å². The molecule has 5 nitrogen and oxygen atoms in total. The summed E-state index contributed by atoms with van der Waals surface area (Å²) in [7, 11) is 0. The summed E-state index contributed by atoms with van der Waals surface area (Å²) in [6, 6.07) is 5.45. The number of nitrogens with zero attached hydrogens (tertiary/aromatic N) is 3. The maximum Gasteiger partial charge on any atom is 0.195 e. The Balaban J connectivity index is 0.00000112. The van der Waals surface area contributed by atoms with E-state index in [2.05, 4.69) is 20.6 Å². The molecular weight excluding hydrogens is 221 g/mol. The maximum absolute atomic E-state index is 12.8. The third-order valence-corrected chi connectivity index (χ3v) is 1.85. The molecule has 7 heteroatoms. The highest BCUT2D eigenvalue weighted by atomic mass is 35.5. The Labute approximate surface area is 91.3 Å². The van der Waals surface area contributed by atoms with E-state index in [1.807, 2.05) is 0 Å². The molecule has 0 aliphatic heterocycles. The molecule has 0 aliphatic rings. The highest BCUT2D eigenvalue weighted by molar-refractivity contribution is 5.85. The van der Waals surface area contributed by atoms with Gasteiger partial charge >= 0.3 is 0 Å². The number of tetrazole rings is 1. The third-order valence-electron chi connectivity index (χ3n) is 1.85. The molecule has 1 aromatic carbocycles. The number of hydrogen-bond donors (Lipinski definition) is 2. The summed E-state index contributed by atoms with van der Waals surface area (Å²) < 4.78 is 12.8. The lowest BCUT2D eigenvalue weighted by Crippen LogP contribution is -2.13. The fourth-order valence-electron chi connectivity index (χ4n) is 1.15. The van der Waals surface area contributed by atoms with Crippen molar-refractivity contribution in [3.8, 4) is 0 Å². The van der Waals surface area contributed by atoms with Crippen LogP contribution in [0.2, 0.25) is 0 Å². The van der Waals surface area contributed by atoms with Gasteiger partial charge in [0.1, 0.15) is 5.82 Å². The molecule has 0 radical (unpaired) electrons. The number of nitrogens with two attached hydrogens (primary N) is 1. The van der Waals surface area contributed by atoms with E-state index in [1.54, 1.807) is 12.1 Å². The standard InChI is InChI=1S/C8H8FN5.ClH/c9-6-3-1-2-5(4-6)7(10)8-11-13-14-12-8;/h1-4,7H,10H2,(H,11,12,13,14);1H. The Kier molecular flexibility index (Phi) is 3.70. The van der Waals surface area contributed by atoms with Gasteiger partial charge < -0.3 is 5.73 Å². The Hall–Kier alpha value is -1.53. The van der Waals surface area contributed by atoms with Gasteiger partial charge in [0.15, 0.2) is 5.82 Å². The molecule has 3 N–H and O–H groups in total. The van der Waals surface area contributed by atoms with E-state index in [4.69, 9.17) is 5.73 Å². The smallest absolute Gasteiger partial charge is 0.195 e. The monoisotopic (exact) mass is 229 g/mol. The molecule has 2 rings (SSSR count). The number of rotatable bonds is 2. The number of nitrogens with one attached hydrogen (secondary N) is 1. The van der Waals surface area contributed by atoms with Gasteiger partial charge in [0.05, 0.1) is 6.04 Å². The van der Waals surface area contributed by atoms with Gasteiger partial charge in [-0.2, -0.15) is 5.21 Å². The van der Waals surface area contributed by atoms with Crippen molar-refractivity contribution in [2.24, 2.45) is 5.73 Å². The summed E-state index contributed by atoms with van der Waals surface area (Å²) in [5, 5.41) is 13.1. The van der Waals surface area contributed by atoms with E-state index in [0.29, 0.717) is 11.4 Å². The van der Waals surface area contributed by atoms with E-state index in [0.717, 1.165) is 0 Å². The lowest BCUT2D eigenvalue weighted by molar-refractivity contribution is 0.622. The van der Waals surface area contributed by atoms with E-state index >= 15 is 0 Å². The van der Waals surface area contributed by atoms with Crippen LogP contribution in [0, 0.1) is 5.82 Å². The van der Waals surface area contributed by atoms with E-state index in [1.165, 1.54) is 12.1 Å². The molecule has 80 valence electrons. The number of halogens is 2. The zero-order chi connectivity index (χ0) is 9.97. The van der Waals surface area contributed by atoms with Crippen molar-refractivity contribution in [2.45, 2.75) is 6.04 Å². The van der Waals surface area contributed by atoms with Crippen LogP contribution < -0.4 is 5.73 Å². The fraction of sp³-hybridized carbons (Fsp3) is 0.125. The minimum absolute atomic E-state index is 0. The van der Waals surface area contributed by atoms with Crippen molar-refractivity contribution < 1.29 is 4.39 Å². The molecule has 1 heterocycles. The van der Waals surface area contributed by atoms with Gasteiger partial charge in [0.2, 0.25) is 0 Å². The molecule has 0 aliphatic carbocycles. The number of aromatic amines is 1. The molecule has 0 spiro atoms. The van der Waals surface area contributed by atoms with Crippen LogP contribution in [0.25, 0.3) is 0 Å². The van der Waals surface area contributed by atoms with Crippen LogP contribution in [-0.4, -0.2) is 20.6 Å². The van der Waals surface area contributed by atoms with Crippen molar-refractivity contribution >= 4 is 12.4 Å². The van der Waals surface area contributed by atoms with Gasteiger partial charge in [-0.1, -0.05) is 17.3 Å². The molecule has 0 saturated heterocycles. The predicted molar refractivity (Wildman–Crippen MR) is 53.9 cm³/mol. The lowest BCUT2D eigenvalue weighted by atomic mass is 10.1. The highest BCUT2D eigenvalue weighted by Crippen LogP contribution is 2.15. The zero-order valence-electron chi connectivity index (χ0n) is 7.59. The lowest BCUT2D eigenvalue weighted by Gasteiger charge is -2.06. The molecule has 0 fully saturated rings. The quantitative estimate of drug-likeness (QED) is 0.799. The van der Waals surface area contributed by atoms with Crippen molar-refractivity contribution in [3.63, 3.8) is 0 Å². The summed E-state index contributed by atoms with van der Waals surface area (Å²) in [4.78, 5) is 0. The van der Waals surface area contributed by atoms with E-state index in [9.17, 15) is 4.39 Å². The largest absolute Gasteiger partial charge is 0.318 e. The molecule has 2 aromatic rings. The summed E-state index contributed by atoms with van der Waals surface area (Å²) in [6.45, 7) is 0. The number of aromatic nitrogens is 4. The topological polar surface area (TPSA) is 80.5 Å². The van der Waals surface area contributed by atoms with Crippen molar-refractivity contribution in [2.75, 3.05) is 0 Å². The average Bonchev–Trinajstić information content (AvgIpc) is 2.69. The molecular formula is C8H9ClFN5. The Morgan fingerprint density at radius 3 is 2.80 bits per heavy atom. The second kappa shape index (κ2) is 4.81. The van der Waals surface area contributed by atoms with Crippen molar-refractivity contribution in [1.82, 2.24) is 20.6 Å². The van der Waals surface area contributed by atoms with Crippen LogP contribution in [0.15, 0.2) is 24.3 Å². The third kappa shape index (κ3) is 2.48. The molecule has 1 atom stereocenters. The SMILES string of the molecule is Cl.NC(c1cccc(F)c1)c1nn[nH]n1. The maximum atomic E-state index is 12.8. The van der Waals surface area contributed by atoms with Crippen LogP contribution in [-0.2, 0) is 0 Å². The first kappa shape index (κ1) is 11.5. The predicted octanol–water partition coefficient (Wildman–Crippen LogP) is 0.809. The normalized spacial score (nSPS) is 11.9. The van der Waals surface area contributed by atoms with E-state index in [-0.39, 0.29) is 18.2 Å². The minimum Gasteiger partial charge on any atom is -0.318 e. The summed E-state index contributed by atoms with van der Waals surface area (Å²) >= 11 is 0. The van der Waals surface area contributed by atoms with Crippen LogP contribution in [0.4, 0.5) is 4.39 Å². The number of H-pyrrole nitrogens is 1. The highest BCUT2D eigenvalue weighted by Gasteiger charge is 2.13. The first-order valence-electron chi connectivity index (χ1n) is 4.02. The molecule has 15 heavy (non-hydrogen) atoms. The fourth-order valence-corrected chi connectivity index (χ4v) is 1.15. The summed E-state index contributed by atoms with van der Waals surface area (Å²) in [5.74, 6) is 0.0112. The zero-order valence-corrected chi connectivity index (χ0v) is 8.41. The summed E-state index contributed by atoms with van der Waals surface area (Å²) in [5.41, 5.74) is 6.40. The minimum atomic E-state index is -0.551. The average molecular weight is 230 g/mol. The molecule has 0 saturated carbocycles. The van der Waals surface area contributed by atoms with Gasteiger partial charge in [-0.25, -0.2) is 4.39 Å².